The molecule has 3 aliphatic rings. The second-order valence-corrected chi connectivity index (χ2v) is 11.2. The van der Waals surface area contributed by atoms with Gasteiger partial charge in [0.05, 0.1) is 30.6 Å². The molecule has 3 aliphatic carbocycles. The highest BCUT2D eigenvalue weighted by Crippen LogP contribution is 2.45. The minimum atomic E-state index is -1.26. The maximum atomic E-state index is 12.5. The lowest BCUT2D eigenvalue weighted by atomic mass is 9.77. The van der Waals surface area contributed by atoms with Gasteiger partial charge in [0.25, 0.3) is 0 Å². The zero-order valence-corrected chi connectivity index (χ0v) is 23.4. The number of ketones is 5. The molecule has 0 aromatic rings. The summed E-state index contributed by atoms with van der Waals surface area (Å²) >= 11 is 0. The van der Waals surface area contributed by atoms with Crippen molar-refractivity contribution in [3.8, 4) is 0 Å². The second kappa shape index (κ2) is 14.5. The lowest BCUT2D eigenvalue weighted by Gasteiger charge is -2.24. The van der Waals surface area contributed by atoms with Gasteiger partial charge in [-0.25, -0.2) is 0 Å². The number of aliphatic hydroxyl groups is 1. The van der Waals surface area contributed by atoms with Crippen LogP contribution in [0.3, 0.4) is 0 Å². The third-order valence-electron chi connectivity index (χ3n) is 8.06. The van der Waals surface area contributed by atoms with Crippen LogP contribution < -0.4 is 0 Å². The van der Waals surface area contributed by atoms with Crippen molar-refractivity contribution in [1.82, 2.24) is 0 Å². The number of carbonyl (C=O) groups is 7. The lowest BCUT2D eigenvalue weighted by molar-refractivity contribution is -0.156. The van der Waals surface area contributed by atoms with Gasteiger partial charge >= 0.3 is 11.9 Å². The first-order valence-corrected chi connectivity index (χ1v) is 14.5. The number of hydrogen-bond acceptors (Lipinski definition) is 10. The molecule has 0 radical (unpaired) electrons. The van der Waals surface area contributed by atoms with Gasteiger partial charge in [-0.1, -0.05) is 19.8 Å². The normalized spacial score (nSPS) is 26.4. The van der Waals surface area contributed by atoms with Crippen LogP contribution in [0.15, 0.2) is 11.3 Å². The van der Waals surface area contributed by atoms with Crippen molar-refractivity contribution < 1.29 is 48.1 Å². The lowest BCUT2D eigenvalue weighted by Crippen LogP contribution is -2.41. The highest BCUT2D eigenvalue weighted by Gasteiger charge is 2.43. The summed E-state index contributed by atoms with van der Waals surface area (Å²) in [5.41, 5.74) is -0.173. The van der Waals surface area contributed by atoms with Crippen LogP contribution in [0.1, 0.15) is 90.9 Å². The number of ether oxygens (including phenoxy) is 2. The minimum absolute atomic E-state index is 0.136. The zero-order chi connectivity index (χ0) is 29.4. The molecule has 0 aromatic carbocycles. The molecule has 40 heavy (non-hydrogen) atoms. The molecule has 220 valence electrons. The molecule has 2 atom stereocenters. The van der Waals surface area contributed by atoms with Gasteiger partial charge < -0.3 is 14.6 Å². The van der Waals surface area contributed by atoms with Crippen molar-refractivity contribution in [1.29, 1.82) is 0 Å². The van der Waals surface area contributed by atoms with Gasteiger partial charge in [0.1, 0.15) is 11.7 Å². The smallest absolute Gasteiger partial charge is 0.309 e. The maximum Gasteiger partial charge on any atom is 0.309 e. The summed E-state index contributed by atoms with van der Waals surface area (Å²) in [5, 5.41) is 9.96. The van der Waals surface area contributed by atoms with E-state index in [1.165, 1.54) is 0 Å². The van der Waals surface area contributed by atoms with Crippen LogP contribution in [0.4, 0.5) is 0 Å². The van der Waals surface area contributed by atoms with E-state index in [0.29, 0.717) is 31.1 Å². The summed E-state index contributed by atoms with van der Waals surface area (Å²) in [6.07, 6.45) is 4.37. The maximum absolute atomic E-state index is 12.5. The van der Waals surface area contributed by atoms with Crippen LogP contribution >= 0.6 is 0 Å². The Kier molecular flexibility index (Phi) is 11.3. The van der Waals surface area contributed by atoms with Gasteiger partial charge in [-0.2, -0.15) is 0 Å². The van der Waals surface area contributed by atoms with Crippen LogP contribution in [0.25, 0.3) is 0 Å². The molecule has 10 heteroatoms. The molecule has 0 saturated heterocycles. The molecule has 1 unspecified atom stereocenters. The van der Waals surface area contributed by atoms with E-state index >= 15 is 0 Å². The van der Waals surface area contributed by atoms with Crippen LogP contribution in [0.5, 0.6) is 0 Å². The molecule has 0 heterocycles. The van der Waals surface area contributed by atoms with Crippen LogP contribution in [0, 0.1) is 29.6 Å². The fourth-order valence-corrected chi connectivity index (χ4v) is 5.78. The average Bonchev–Trinajstić information content (AvgIpc) is 3.63. The monoisotopic (exact) mass is 560 g/mol. The first kappa shape index (κ1) is 31.4. The van der Waals surface area contributed by atoms with Crippen LogP contribution in [-0.2, 0) is 43.0 Å². The summed E-state index contributed by atoms with van der Waals surface area (Å²) in [5.74, 6) is -5.72. The van der Waals surface area contributed by atoms with E-state index in [4.69, 9.17) is 9.47 Å². The third-order valence-corrected chi connectivity index (χ3v) is 8.06. The van der Waals surface area contributed by atoms with Gasteiger partial charge in [-0.3, -0.25) is 33.6 Å². The van der Waals surface area contributed by atoms with E-state index in [9.17, 15) is 38.7 Å². The largest absolute Gasteiger partial charge is 0.511 e. The standard InChI is InChI=1S/C30H40O10/c1-3-7-21(31)27-23(33)15-20(16-24(27)34)30(38)40-11-10-18-12-17(18)8-5-6-9-22(32)28-25(35)13-19(14-26(28)36)29(37)39-4-2/h17-20,28,31H,3-16H2,1-2H3/t17-,18?,19?,20?,28?/m1/s1. The molecule has 0 amide bonds. The number of carbonyl (C=O) groups excluding carboxylic acids is 7. The predicted octanol–water partition coefficient (Wildman–Crippen LogP) is 3.57. The number of aliphatic hydroxyl groups excluding tert-OH is 1. The zero-order valence-electron chi connectivity index (χ0n) is 23.4. The minimum Gasteiger partial charge on any atom is -0.511 e. The van der Waals surface area contributed by atoms with E-state index in [0.717, 1.165) is 19.3 Å². The van der Waals surface area contributed by atoms with Gasteiger partial charge in [-0.05, 0) is 44.4 Å². The number of hydrogen-bond donors (Lipinski definition) is 1. The highest BCUT2D eigenvalue weighted by molar-refractivity contribution is 6.23. The van der Waals surface area contributed by atoms with Crippen LogP contribution in [-0.4, -0.2) is 59.2 Å². The molecule has 10 nitrogen and oxygen atoms in total. The molecule has 1 N–H and O–H groups in total. The summed E-state index contributed by atoms with van der Waals surface area (Å²) in [7, 11) is 0. The van der Waals surface area contributed by atoms with Crippen molar-refractivity contribution in [2.24, 2.45) is 29.6 Å². The molecule has 0 bridgehead atoms. The van der Waals surface area contributed by atoms with Crippen LogP contribution in [0.2, 0.25) is 0 Å². The number of unbranched alkanes of at least 4 members (excludes halogenated alkanes) is 1. The highest BCUT2D eigenvalue weighted by atomic mass is 16.5. The van der Waals surface area contributed by atoms with E-state index in [-0.39, 0.29) is 68.9 Å². The van der Waals surface area contributed by atoms with Gasteiger partial charge in [0.2, 0.25) is 0 Å². The van der Waals surface area contributed by atoms with Gasteiger partial charge in [0.15, 0.2) is 28.9 Å². The topological polar surface area (TPSA) is 158 Å². The Bertz CT molecular complexity index is 1030. The first-order chi connectivity index (χ1) is 19.1. The molecule has 3 saturated carbocycles. The van der Waals surface area contributed by atoms with E-state index in [1.807, 2.05) is 6.92 Å². The Balaban J connectivity index is 1.29. The van der Waals surface area contributed by atoms with E-state index in [2.05, 4.69) is 0 Å². The van der Waals surface area contributed by atoms with Crippen molar-refractivity contribution >= 4 is 40.9 Å². The fraction of sp³-hybridized carbons (Fsp3) is 0.700. The fourth-order valence-electron chi connectivity index (χ4n) is 5.78. The molecular weight excluding hydrogens is 520 g/mol. The molecule has 0 spiro atoms. The quantitative estimate of drug-likeness (QED) is 0.0831. The second-order valence-electron chi connectivity index (χ2n) is 11.2. The van der Waals surface area contributed by atoms with E-state index < -0.39 is 52.8 Å². The number of esters is 2. The number of Topliss-reactive ketones (excluding diaryl/α,β-unsaturated/α-hetero) is 5. The molecule has 0 aliphatic heterocycles. The Hall–Kier alpha value is -3.17. The molecule has 0 aromatic heterocycles. The summed E-state index contributed by atoms with van der Waals surface area (Å²) < 4.78 is 10.2. The number of allylic oxidation sites excluding steroid dienone is 2. The Morgan fingerprint density at radius 2 is 1.35 bits per heavy atom. The summed E-state index contributed by atoms with van der Waals surface area (Å²) in [4.78, 5) is 86.1. The predicted molar refractivity (Wildman–Crippen MR) is 141 cm³/mol. The van der Waals surface area contributed by atoms with Gasteiger partial charge in [-0.15, -0.1) is 0 Å². The average molecular weight is 561 g/mol. The third kappa shape index (κ3) is 8.17. The Morgan fingerprint density at radius 3 is 1.95 bits per heavy atom. The van der Waals surface area contributed by atoms with Gasteiger partial charge in [0, 0.05) is 38.5 Å². The van der Waals surface area contributed by atoms with Crippen molar-refractivity contribution in [2.45, 2.75) is 90.9 Å². The molecular formula is C30H40O10. The molecule has 3 rings (SSSR count). The molecule has 3 fully saturated rings. The SMILES string of the molecule is CCCC(O)=C1C(=O)CC(C(=O)OCCC2C[C@H]2CCCCC(=O)C2C(=O)CC(C(=O)OCC)CC2=O)CC1=O. The van der Waals surface area contributed by atoms with E-state index in [1.54, 1.807) is 6.92 Å². The van der Waals surface area contributed by atoms with Crippen molar-refractivity contribution in [3.05, 3.63) is 11.3 Å². The summed E-state index contributed by atoms with van der Waals surface area (Å²) in [6.45, 7) is 3.86. The first-order valence-electron chi connectivity index (χ1n) is 14.5. The van der Waals surface area contributed by atoms with Crippen molar-refractivity contribution in [3.63, 3.8) is 0 Å². The summed E-state index contributed by atoms with van der Waals surface area (Å²) in [6, 6.07) is 0. The Morgan fingerprint density at radius 1 is 0.775 bits per heavy atom. The van der Waals surface area contributed by atoms with Crippen molar-refractivity contribution in [2.75, 3.05) is 13.2 Å². The Labute approximate surface area is 234 Å². The number of rotatable bonds is 14.